The highest BCUT2D eigenvalue weighted by Crippen LogP contribution is 2.33. The third-order valence-electron chi connectivity index (χ3n) is 8.23. The van der Waals surface area contributed by atoms with E-state index >= 15 is 0 Å². The second-order valence-electron chi connectivity index (χ2n) is 11.9. The van der Waals surface area contributed by atoms with Gasteiger partial charge in [0.25, 0.3) is 0 Å². The van der Waals surface area contributed by atoms with Crippen molar-refractivity contribution in [3.8, 4) is 11.5 Å². The molecule has 0 spiro atoms. The molecule has 0 aromatic heterocycles. The van der Waals surface area contributed by atoms with Crippen molar-refractivity contribution in [1.82, 2.24) is 0 Å². The molecule has 0 radical (unpaired) electrons. The summed E-state index contributed by atoms with van der Waals surface area (Å²) in [5, 5.41) is 0. The van der Waals surface area contributed by atoms with Gasteiger partial charge in [-0.2, -0.15) is 0 Å². The van der Waals surface area contributed by atoms with E-state index in [0.29, 0.717) is 44.2 Å². The van der Waals surface area contributed by atoms with Crippen LogP contribution in [0.3, 0.4) is 0 Å². The van der Waals surface area contributed by atoms with Crippen LogP contribution in [0.25, 0.3) is 0 Å². The van der Waals surface area contributed by atoms with Crippen molar-refractivity contribution in [2.45, 2.75) is 57.1 Å². The Hall–Kier alpha value is -4.83. The summed E-state index contributed by atoms with van der Waals surface area (Å²) < 4.78 is 45.2. The Balaban J connectivity index is 1.31. The van der Waals surface area contributed by atoms with Crippen LogP contribution in [-0.4, -0.2) is 50.2 Å². The highest BCUT2D eigenvalue weighted by Gasteiger charge is 2.49. The zero-order valence-corrected chi connectivity index (χ0v) is 27.8. The van der Waals surface area contributed by atoms with Crippen molar-refractivity contribution in [2.75, 3.05) is 13.2 Å². The second-order valence-corrected chi connectivity index (χ2v) is 11.9. The van der Waals surface area contributed by atoms with Gasteiger partial charge in [-0.15, -0.1) is 0 Å². The quantitative estimate of drug-likeness (QED) is 0.0894. The number of carbonyl (C=O) groups is 1. The molecule has 5 aromatic carbocycles. The molecular formula is C42H42O8. The average molecular weight is 675 g/mol. The molecule has 1 saturated heterocycles. The molecule has 1 aliphatic rings. The van der Waals surface area contributed by atoms with Crippen molar-refractivity contribution < 1.29 is 38.0 Å². The summed E-state index contributed by atoms with van der Waals surface area (Å²) in [7, 11) is 0. The third-order valence-corrected chi connectivity index (χ3v) is 8.23. The van der Waals surface area contributed by atoms with E-state index in [4.69, 9.17) is 33.2 Å². The van der Waals surface area contributed by atoms with Gasteiger partial charge < -0.3 is 33.2 Å². The van der Waals surface area contributed by atoms with Crippen molar-refractivity contribution >= 4 is 6.29 Å². The first-order valence-electron chi connectivity index (χ1n) is 16.8. The van der Waals surface area contributed by atoms with Crippen molar-refractivity contribution in [3.05, 3.63) is 168 Å². The molecule has 0 bridgehead atoms. The van der Waals surface area contributed by atoms with E-state index in [0.717, 1.165) is 22.3 Å². The average Bonchev–Trinajstić information content (AvgIpc) is 3.17. The molecule has 0 saturated carbocycles. The molecule has 5 aromatic rings. The summed E-state index contributed by atoms with van der Waals surface area (Å²) in [5.74, 6) is 1.09. The number of carbonyl (C=O) groups excluding carboxylic acids is 1. The van der Waals surface area contributed by atoms with Crippen LogP contribution in [0.1, 0.15) is 22.3 Å². The van der Waals surface area contributed by atoms with Gasteiger partial charge in [-0.25, -0.2) is 0 Å². The van der Waals surface area contributed by atoms with Crippen molar-refractivity contribution in [2.24, 2.45) is 0 Å². The molecule has 0 aliphatic carbocycles. The number of hydrogen-bond donors (Lipinski definition) is 0. The Bertz CT molecular complexity index is 1670. The number of hydrogen-bond acceptors (Lipinski definition) is 8. The molecule has 0 N–H and O–H groups in total. The van der Waals surface area contributed by atoms with E-state index in [-0.39, 0.29) is 13.2 Å². The monoisotopic (exact) mass is 674 g/mol. The zero-order valence-electron chi connectivity index (χ0n) is 27.8. The Kier molecular flexibility index (Phi) is 13.2. The fourth-order valence-electron chi connectivity index (χ4n) is 5.72. The fraction of sp³-hybridized carbons (Fsp3) is 0.262. The predicted molar refractivity (Wildman–Crippen MR) is 188 cm³/mol. The van der Waals surface area contributed by atoms with E-state index in [2.05, 4.69) is 0 Å². The normalized spacial score (nSPS) is 20.2. The van der Waals surface area contributed by atoms with Gasteiger partial charge >= 0.3 is 0 Å². The minimum atomic E-state index is -0.886. The first-order valence-corrected chi connectivity index (χ1v) is 16.8. The van der Waals surface area contributed by atoms with E-state index in [1.807, 2.05) is 121 Å². The van der Waals surface area contributed by atoms with E-state index in [1.54, 1.807) is 24.3 Å². The van der Waals surface area contributed by atoms with E-state index in [9.17, 15) is 4.79 Å². The third kappa shape index (κ3) is 10.3. The number of aldehydes is 1. The lowest BCUT2D eigenvalue weighted by atomic mass is 9.97. The Morgan fingerprint density at radius 3 is 1.44 bits per heavy atom. The maximum Gasteiger partial charge on any atom is 0.229 e. The molecule has 5 atom stereocenters. The van der Waals surface area contributed by atoms with Gasteiger partial charge in [-0.1, -0.05) is 121 Å². The van der Waals surface area contributed by atoms with Gasteiger partial charge in [0, 0.05) is 0 Å². The first-order chi connectivity index (χ1) is 24.7. The minimum Gasteiger partial charge on any atom is -0.486 e. The summed E-state index contributed by atoms with van der Waals surface area (Å²) in [6.07, 6.45) is -2.63. The first kappa shape index (κ1) is 35.0. The summed E-state index contributed by atoms with van der Waals surface area (Å²) in [6.45, 7) is 1.58. The largest absolute Gasteiger partial charge is 0.486 e. The van der Waals surface area contributed by atoms with Gasteiger partial charge in [-0.3, -0.25) is 4.79 Å². The molecule has 50 heavy (non-hydrogen) atoms. The van der Waals surface area contributed by atoms with Gasteiger partial charge in [0.05, 0.1) is 33.0 Å². The highest BCUT2D eigenvalue weighted by atomic mass is 16.7. The van der Waals surface area contributed by atoms with Gasteiger partial charge in [0.1, 0.15) is 42.5 Å². The maximum atomic E-state index is 10.8. The van der Waals surface area contributed by atoms with Gasteiger partial charge in [-0.05, 0) is 46.5 Å². The Labute approximate surface area is 293 Å². The van der Waals surface area contributed by atoms with Crippen LogP contribution in [0, 0.1) is 0 Å². The Morgan fingerprint density at radius 1 is 0.500 bits per heavy atom. The number of benzene rings is 5. The van der Waals surface area contributed by atoms with Crippen molar-refractivity contribution in [1.29, 1.82) is 0 Å². The lowest BCUT2D eigenvalue weighted by Gasteiger charge is -2.45. The molecular weight excluding hydrogens is 632 g/mol. The van der Waals surface area contributed by atoms with Crippen LogP contribution in [0.4, 0.5) is 0 Å². The molecule has 8 nitrogen and oxygen atoms in total. The molecule has 0 amide bonds. The van der Waals surface area contributed by atoms with Crippen molar-refractivity contribution in [3.63, 3.8) is 0 Å². The van der Waals surface area contributed by atoms with Crippen LogP contribution in [-0.2, 0) is 54.9 Å². The molecule has 6 rings (SSSR count). The summed E-state index contributed by atoms with van der Waals surface area (Å²) in [4.78, 5) is 10.8. The molecule has 1 fully saturated rings. The van der Waals surface area contributed by atoms with Crippen LogP contribution in [0.2, 0.25) is 0 Å². The van der Waals surface area contributed by atoms with E-state index < -0.39 is 30.7 Å². The van der Waals surface area contributed by atoms with Crippen LogP contribution in [0.5, 0.6) is 11.5 Å². The minimum absolute atomic E-state index is 0.0309. The topological polar surface area (TPSA) is 81.7 Å². The SMILES string of the molecule is O=CCOc1ccc(O[C@@H]2O[C@H](COCc3ccccc3)[C@@H](OCc3ccccc3)[C@H](OCc3ccccc3)[C@H]2OCc2ccccc2)cc1. The fourth-order valence-corrected chi connectivity index (χ4v) is 5.72. The predicted octanol–water partition coefficient (Wildman–Crippen LogP) is 7.34. The van der Waals surface area contributed by atoms with Crippen LogP contribution >= 0.6 is 0 Å². The zero-order chi connectivity index (χ0) is 34.2. The standard InChI is InChI=1S/C42H42O8/c43-25-26-45-36-21-23-37(24-22-36)49-42-41(48-30-35-19-11-4-12-20-35)40(47-29-34-17-9-3-10-18-34)39(46-28-33-15-7-2-8-16-33)38(50-42)31-44-27-32-13-5-1-6-14-32/h1-25,38-42H,26-31H2/t38-,39-,40+,41-,42-/m1/s1. The highest BCUT2D eigenvalue weighted by molar-refractivity contribution is 5.51. The molecule has 8 heteroatoms. The number of rotatable bonds is 18. The summed E-state index contributed by atoms with van der Waals surface area (Å²) in [5.41, 5.74) is 4.09. The molecule has 1 heterocycles. The lowest BCUT2D eigenvalue weighted by Crippen LogP contribution is -2.62. The molecule has 1 aliphatic heterocycles. The van der Waals surface area contributed by atoms with Gasteiger partial charge in [0.15, 0.2) is 6.29 Å². The summed E-state index contributed by atoms with van der Waals surface area (Å²) in [6, 6.07) is 47.1. The maximum absolute atomic E-state index is 10.8. The Morgan fingerprint density at radius 2 is 0.940 bits per heavy atom. The molecule has 258 valence electrons. The van der Waals surface area contributed by atoms with Crippen LogP contribution < -0.4 is 9.47 Å². The second kappa shape index (κ2) is 18.8. The van der Waals surface area contributed by atoms with E-state index in [1.165, 1.54) is 0 Å². The van der Waals surface area contributed by atoms with Crippen LogP contribution in [0.15, 0.2) is 146 Å². The molecule has 0 unspecified atom stereocenters. The van der Waals surface area contributed by atoms with Gasteiger partial charge in [0.2, 0.25) is 6.29 Å². The lowest BCUT2D eigenvalue weighted by molar-refractivity contribution is -0.310. The summed E-state index contributed by atoms with van der Waals surface area (Å²) >= 11 is 0. The number of ether oxygens (including phenoxy) is 7. The smallest absolute Gasteiger partial charge is 0.229 e.